The minimum Gasteiger partial charge on any atom is -0.231 e. The minimum atomic E-state index is 0.482. The predicted molar refractivity (Wildman–Crippen MR) is 131 cm³/mol. The quantitative estimate of drug-likeness (QED) is 0.279. The van der Waals surface area contributed by atoms with Gasteiger partial charge in [0.2, 0.25) is 5.82 Å². The van der Waals surface area contributed by atoms with Gasteiger partial charge in [0.15, 0.2) is 0 Å². The van der Waals surface area contributed by atoms with Crippen molar-refractivity contribution in [2.45, 2.75) is 13.5 Å². The molecule has 0 unspecified atom stereocenters. The van der Waals surface area contributed by atoms with Crippen molar-refractivity contribution in [2.75, 3.05) is 0 Å². The van der Waals surface area contributed by atoms with Crippen LogP contribution >= 0.6 is 34.8 Å². The summed E-state index contributed by atoms with van der Waals surface area (Å²) in [5, 5.41) is 19.0. The van der Waals surface area contributed by atoms with Crippen molar-refractivity contribution in [1.29, 1.82) is 0 Å². The zero-order valence-electron chi connectivity index (χ0n) is 17.5. The molecule has 0 N–H and O–H groups in total. The molecule has 0 saturated carbocycles. The van der Waals surface area contributed by atoms with Crippen LogP contribution in [0.15, 0.2) is 72.8 Å². The van der Waals surface area contributed by atoms with Crippen molar-refractivity contribution in [3.05, 3.63) is 99.0 Å². The molecule has 0 fully saturated rings. The highest BCUT2D eigenvalue weighted by molar-refractivity contribution is 6.35. The van der Waals surface area contributed by atoms with Crippen LogP contribution in [0.25, 0.3) is 28.5 Å². The Labute approximate surface area is 205 Å². The van der Waals surface area contributed by atoms with E-state index < -0.39 is 0 Å². The van der Waals surface area contributed by atoms with E-state index in [4.69, 9.17) is 39.9 Å². The summed E-state index contributed by atoms with van der Waals surface area (Å²) in [6, 6.07) is 22.9. The van der Waals surface area contributed by atoms with Crippen molar-refractivity contribution >= 4 is 34.8 Å². The molecule has 5 aromatic rings. The van der Waals surface area contributed by atoms with Gasteiger partial charge in [-0.2, -0.15) is 5.10 Å². The van der Waals surface area contributed by atoms with E-state index in [1.807, 2.05) is 67.6 Å². The van der Waals surface area contributed by atoms with Gasteiger partial charge >= 0.3 is 0 Å². The summed E-state index contributed by atoms with van der Waals surface area (Å²) in [7, 11) is 0. The molecule has 5 rings (SSSR count). The fourth-order valence-electron chi connectivity index (χ4n) is 3.72. The number of nitrogens with zero attached hydrogens (tertiary/aromatic N) is 6. The zero-order chi connectivity index (χ0) is 22.9. The average Bonchev–Trinajstić information content (AvgIpc) is 3.39. The largest absolute Gasteiger partial charge is 0.231 e. The lowest BCUT2D eigenvalue weighted by Gasteiger charge is -2.11. The maximum Gasteiger partial charge on any atom is 0.203 e. The summed E-state index contributed by atoms with van der Waals surface area (Å²) in [5.74, 6) is 0.565. The second-order valence-corrected chi connectivity index (χ2v) is 8.76. The van der Waals surface area contributed by atoms with E-state index in [9.17, 15) is 0 Å². The normalized spacial score (nSPS) is 11.2. The summed E-state index contributed by atoms with van der Waals surface area (Å²) in [6.07, 6.45) is 0. The summed E-state index contributed by atoms with van der Waals surface area (Å²) >= 11 is 18.8. The van der Waals surface area contributed by atoms with E-state index in [1.165, 1.54) is 0 Å². The highest BCUT2D eigenvalue weighted by Crippen LogP contribution is 2.35. The zero-order valence-corrected chi connectivity index (χ0v) is 19.7. The molecule has 33 heavy (non-hydrogen) atoms. The van der Waals surface area contributed by atoms with Crippen LogP contribution in [0.1, 0.15) is 11.1 Å². The van der Waals surface area contributed by atoms with Gasteiger partial charge in [0.05, 0.1) is 22.9 Å². The first-order chi connectivity index (χ1) is 16.0. The molecule has 164 valence electrons. The molecule has 0 aliphatic carbocycles. The number of hydrogen-bond acceptors (Lipinski definition) is 4. The summed E-state index contributed by atoms with van der Waals surface area (Å²) in [6.45, 7) is 2.52. The van der Waals surface area contributed by atoms with Gasteiger partial charge in [-0.1, -0.05) is 77.3 Å². The Morgan fingerprint density at radius 2 is 1.58 bits per heavy atom. The average molecular weight is 496 g/mol. The lowest BCUT2D eigenvalue weighted by Crippen LogP contribution is -2.05. The number of tetrazole rings is 1. The van der Waals surface area contributed by atoms with Gasteiger partial charge in [-0.3, -0.25) is 0 Å². The number of benzene rings is 3. The van der Waals surface area contributed by atoms with Crippen LogP contribution in [-0.4, -0.2) is 30.0 Å². The monoisotopic (exact) mass is 494 g/mol. The number of hydrogen-bond donors (Lipinski definition) is 0. The first kappa shape index (κ1) is 21.6. The molecule has 0 atom stereocenters. The molecule has 9 heteroatoms. The van der Waals surface area contributed by atoms with Gasteiger partial charge in [0.25, 0.3) is 0 Å². The van der Waals surface area contributed by atoms with Crippen molar-refractivity contribution in [1.82, 2.24) is 30.0 Å². The standard InChI is InChI=1S/C24H17Cl3N6/c1-15-22(24-28-30-31-32(24)14-16-5-3-2-4-6-16)29-33(21-12-11-19(26)13-20(21)27)23(15)17-7-9-18(25)10-8-17/h2-13H,14H2,1H3. The first-order valence-corrected chi connectivity index (χ1v) is 11.3. The third kappa shape index (κ3) is 4.25. The Hall–Kier alpha value is -3.19. The summed E-state index contributed by atoms with van der Waals surface area (Å²) < 4.78 is 3.54. The molecule has 0 radical (unpaired) electrons. The molecule has 2 aromatic heterocycles. The SMILES string of the molecule is Cc1c(-c2nnnn2Cc2ccccc2)nn(-c2ccc(Cl)cc2Cl)c1-c1ccc(Cl)cc1. The molecule has 0 aliphatic heterocycles. The molecule has 0 amide bonds. The smallest absolute Gasteiger partial charge is 0.203 e. The van der Waals surface area contributed by atoms with Crippen LogP contribution in [0.5, 0.6) is 0 Å². The highest BCUT2D eigenvalue weighted by Gasteiger charge is 2.23. The summed E-state index contributed by atoms with van der Waals surface area (Å²) in [5.41, 5.74) is 5.15. The predicted octanol–water partition coefficient (Wildman–Crippen LogP) is 6.51. The molecule has 3 aromatic carbocycles. The number of rotatable bonds is 5. The molecule has 0 bridgehead atoms. The second-order valence-electron chi connectivity index (χ2n) is 7.48. The van der Waals surface area contributed by atoms with E-state index in [-0.39, 0.29) is 0 Å². The van der Waals surface area contributed by atoms with Crippen molar-refractivity contribution in [2.24, 2.45) is 0 Å². The minimum absolute atomic E-state index is 0.482. The van der Waals surface area contributed by atoms with E-state index in [0.717, 1.165) is 22.4 Å². The van der Waals surface area contributed by atoms with Crippen LogP contribution in [0.3, 0.4) is 0 Å². The van der Waals surface area contributed by atoms with E-state index in [2.05, 4.69) is 15.5 Å². The molecular formula is C24H17Cl3N6. The molecule has 6 nitrogen and oxygen atoms in total. The highest BCUT2D eigenvalue weighted by atomic mass is 35.5. The fraction of sp³-hybridized carbons (Fsp3) is 0.0833. The van der Waals surface area contributed by atoms with Crippen molar-refractivity contribution < 1.29 is 0 Å². The topological polar surface area (TPSA) is 61.4 Å². The first-order valence-electron chi connectivity index (χ1n) is 10.1. The van der Waals surface area contributed by atoms with Crippen LogP contribution in [0.2, 0.25) is 15.1 Å². The number of halogens is 3. The van der Waals surface area contributed by atoms with Crippen molar-refractivity contribution in [3.8, 4) is 28.5 Å². The van der Waals surface area contributed by atoms with Gasteiger partial charge in [0.1, 0.15) is 5.69 Å². The number of aromatic nitrogens is 6. The van der Waals surface area contributed by atoms with E-state index >= 15 is 0 Å². The van der Waals surface area contributed by atoms with Crippen LogP contribution < -0.4 is 0 Å². The molecule has 0 aliphatic rings. The van der Waals surface area contributed by atoms with Gasteiger partial charge < -0.3 is 0 Å². The fourth-order valence-corrected chi connectivity index (χ4v) is 4.33. The van der Waals surface area contributed by atoms with Crippen molar-refractivity contribution in [3.63, 3.8) is 0 Å². The molecule has 0 spiro atoms. The lowest BCUT2D eigenvalue weighted by atomic mass is 10.1. The van der Waals surface area contributed by atoms with Gasteiger partial charge in [0, 0.05) is 21.2 Å². The van der Waals surface area contributed by atoms with E-state index in [1.54, 1.807) is 21.5 Å². The molecular weight excluding hydrogens is 479 g/mol. The van der Waals surface area contributed by atoms with Gasteiger partial charge in [-0.25, -0.2) is 9.36 Å². The molecule has 2 heterocycles. The Bertz CT molecular complexity index is 1420. The Morgan fingerprint density at radius 1 is 0.848 bits per heavy atom. The Kier molecular flexibility index (Phi) is 5.89. The lowest BCUT2D eigenvalue weighted by molar-refractivity contribution is 0.651. The maximum atomic E-state index is 6.56. The molecule has 0 saturated heterocycles. The maximum absolute atomic E-state index is 6.56. The van der Waals surface area contributed by atoms with Gasteiger partial charge in [-0.05, 0) is 53.2 Å². The third-order valence-electron chi connectivity index (χ3n) is 5.30. The summed E-state index contributed by atoms with van der Waals surface area (Å²) in [4.78, 5) is 0. The van der Waals surface area contributed by atoms with E-state index in [0.29, 0.717) is 38.8 Å². The Balaban J connectivity index is 1.69. The van der Waals surface area contributed by atoms with Crippen LogP contribution in [0, 0.1) is 6.92 Å². The van der Waals surface area contributed by atoms with Crippen LogP contribution in [0.4, 0.5) is 0 Å². The second kappa shape index (κ2) is 8.98. The Morgan fingerprint density at radius 3 is 2.30 bits per heavy atom. The third-order valence-corrected chi connectivity index (χ3v) is 6.09. The van der Waals surface area contributed by atoms with Crippen LogP contribution in [-0.2, 0) is 6.54 Å². The van der Waals surface area contributed by atoms with Gasteiger partial charge in [-0.15, -0.1) is 5.10 Å².